The maximum Gasteiger partial charge on any atom is 0.416 e. The number of carbonyl (C=O) groups is 2. The first kappa shape index (κ1) is 20.4. The predicted octanol–water partition coefficient (Wildman–Crippen LogP) is 2.09. The molecule has 0 bridgehead atoms. The number of nitrogens with one attached hydrogen (secondary N) is 1. The van der Waals surface area contributed by atoms with Gasteiger partial charge in [-0.1, -0.05) is 24.3 Å². The molecule has 2 aromatic rings. The number of nitrogens with two attached hydrogens (primary N) is 1. The van der Waals surface area contributed by atoms with Crippen LogP contribution in [0.2, 0.25) is 0 Å². The number of hydrogen-bond donors (Lipinski definition) is 3. The Kier molecular flexibility index (Phi) is 6.17. The minimum Gasteiger partial charge on any atom is -0.378 e. The van der Waals surface area contributed by atoms with E-state index in [0.29, 0.717) is 5.56 Å². The Morgan fingerprint density at radius 1 is 1.11 bits per heavy atom. The molecular formula is C18H16F4N2O3. The van der Waals surface area contributed by atoms with Crippen molar-refractivity contribution < 1.29 is 32.3 Å². The molecule has 0 aliphatic carbocycles. The number of amides is 2. The van der Waals surface area contributed by atoms with Crippen LogP contribution < -0.4 is 11.1 Å². The zero-order chi connectivity index (χ0) is 20.2. The Bertz CT molecular complexity index is 822. The lowest BCUT2D eigenvalue weighted by atomic mass is 10.0. The minimum absolute atomic E-state index is 0.0884. The fourth-order valence-electron chi connectivity index (χ4n) is 2.38. The largest absolute Gasteiger partial charge is 0.416 e. The van der Waals surface area contributed by atoms with Crippen LogP contribution in [0.1, 0.15) is 22.8 Å². The predicted molar refractivity (Wildman–Crippen MR) is 87.6 cm³/mol. The van der Waals surface area contributed by atoms with Crippen LogP contribution in [-0.4, -0.2) is 23.0 Å². The van der Waals surface area contributed by atoms with E-state index in [4.69, 9.17) is 5.73 Å². The summed E-state index contributed by atoms with van der Waals surface area (Å²) in [4.78, 5) is 23.7. The van der Waals surface area contributed by atoms with Crippen molar-refractivity contribution in [2.75, 3.05) is 0 Å². The highest BCUT2D eigenvalue weighted by atomic mass is 19.4. The van der Waals surface area contributed by atoms with E-state index in [1.54, 1.807) is 0 Å². The van der Waals surface area contributed by atoms with Crippen LogP contribution >= 0.6 is 0 Å². The van der Waals surface area contributed by atoms with E-state index in [1.807, 2.05) is 0 Å². The molecule has 2 amide bonds. The molecule has 4 N–H and O–H groups in total. The molecule has 0 aromatic heterocycles. The van der Waals surface area contributed by atoms with Crippen molar-refractivity contribution in [2.45, 2.75) is 24.7 Å². The van der Waals surface area contributed by atoms with Gasteiger partial charge in [0, 0.05) is 6.42 Å². The molecule has 0 radical (unpaired) electrons. The van der Waals surface area contributed by atoms with Gasteiger partial charge < -0.3 is 16.2 Å². The highest BCUT2D eigenvalue weighted by Crippen LogP contribution is 2.30. The number of halogens is 4. The monoisotopic (exact) mass is 384 g/mol. The van der Waals surface area contributed by atoms with Crippen molar-refractivity contribution in [1.82, 2.24) is 5.32 Å². The van der Waals surface area contributed by atoms with Crippen LogP contribution in [-0.2, 0) is 22.2 Å². The number of aliphatic hydroxyl groups excluding tert-OH is 1. The highest BCUT2D eigenvalue weighted by Gasteiger charge is 2.31. The van der Waals surface area contributed by atoms with Gasteiger partial charge in [-0.2, -0.15) is 13.2 Å². The van der Waals surface area contributed by atoms with Crippen molar-refractivity contribution >= 4 is 11.8 Å². The number of benzene rings is 2. The number of rotatable bonds is 6. The summed E-state index contributed by atoms with van der Waals surface area (Å²) in [6.07, 6.45) is -6.46. The molecule has 0 saturated carbocycles. The molecule has 2 atom stereocenters. The van der Waals surface area contributed by atoms with E-state index >= 15 is 0 Å². The summed E-state index contributed by atoms with van der Waals surface area (Å²) in [5, 5.41) is 12.2. The van der Waals surface area contributed by atoms with Crippen molar-refractivity contribution in [1.29, 1.82) is 0 Å². The van der Waals surface area contributed by atoms with Crippen LogP contribution in [0.3, 0.4) is 0 Å². The van der Waals surface area contributed by atoms with Gasteiger partial charge in [0.15, 0.2) is 6.10 Å². The van der Waals surface area contributed by atoms with E-state index in [0.717, 1.165) is 30.3 Å². The molecule has 0 aliphatic rings. The first-order chi connectivity index (χ1) is 12.6. The second-order valence-electron chi connectivity index (χ2n) is 5.82. The molecule has 0 saturated heterocycles. The average molecular weight is 384 g/mol. The standard InChI is InChI=1S/C18H16F4N2O3/c19-13-3-1-2-10(8-13)9-14(16(23)26)24-17(27)15(25)11-4-6-12(7-5-11)18(20,21)22/h1-8,14-15,25H,9H2,(H2,23,26)(H,24,27)/t14-,15-/m0/s1. The van der Waals surface area contributed by atoms with Gasteiger partial charge in [-0.25, -0.2) is 4.39 Å². The highest BCUT2D eigenvalue weighted by molar-refractivity contribution is 5.89. The molecule has 9 heteroatoms. The van der Waals surface area contributed by atoms with Crippen LogP contribution in [0.5, 0.6) is 0 Å². The fraction of sp³-hybridized carbons (Fsp3) is 0.222. The maximum absolute atomic E-state index is 13.2. The number of aliphatic hydroxyl groups is 1. The Balaban J connectivity index is 2.09. The fourth-order valence-corrected chi connectivity index (χ4v) is 2.38. The van der Waals surface area contributed by atoms with Gasteiger partial charge in [0.2, 0.25) is 5.91 Å². The summed E-state index contributed by atoms with van der Waals surface area (Å²) in [6.45, 7) is 0. The third-order valence-corrected chi connectivity index (χ3v) is 3.79. The molecule has 0 unspecified atom stereocenters. The van der Waals surface area contributed by atoms with Gasteiger partial charge >= 0.3 is 6.18 Å². The van der Waals surface area contributed by atoms with Crippen LogP contribution in [0.15, 0.2) is 48.5 Å². The molecule has 27 heavy (non-hydrogen) atoms. The average Bonchev–Trinajstić information content (AvgIpc) is 2.59. The zero-order valence-corrected chi connectivity index (χ0v) is 13.8. The number of hydrogen-bond acceptors (Lipinski definition) is 3. The van der Waals surface area contributed by atoms with Crippen LogP contribution in [0.25, 0.3) is 0 Å². The SMILES string of the molecule is NC(=O)[C@H](Cc1cccc(F)c1)NC(=O)[C@@H](O)c1ccc(C(F)(F)F)cc1. The maximum atomic E-state index is 13.2. The first-order valence-electron chi connectivity index (χ1n) is 7.77. The zero-order valence-electron chi connectivity index (χ0n) is 13.8. The summed E-state index contributed by atoms with van der Waals surface area (Å²) >= 11 is 0. The van der Waals surface area contributed by atoms with E-state index < -0.39 is 41.5 Å². The number of primary amides is 1. The lowest BCUT2D eigenvalue weighted by molar-refractivity contribution is -0.137. The topological polar surface area (TPSA) is 92.4 Å². The Morgan fingerprint density at radius 3 is 2.26 bits per heavy atom. The molecule has 2 rings (SSSR count). The smallest absolute Gasteiger partial charge is 0.378 e. The van der Waals surface area contributed by atoms with Gasteiger partial charge in [-0.05, 0) is 35.4 Å². The number of carbonyl (C=O) groups excluding carboxylic acids is 2. The Labute approximate surface area is 151 Å². The van der Waals surface area contributed by atoms with Gasteiger partial charge in [0.1, 0.15) is 11.9 Å². The Morgan fingerprint density at radius 2 is 1.74 bits per heavy atom. The number of alkyl halides is 3. The van der Waals surface area contributed by atoms with Gasteiger partial charge in [-0.3, -0.25) is 9.59 Å². The van der Waals surface area contributed by atoms with Gasteiger partial charge in [0.05, 0.1) is 5.56 Å². The molecule has 0 fully saturated rings. The van der Waals surface area contributed by atoms with Crippen LogP contribution in [0.4, 0.5) is 17.6 Å². The summed E-state index contributed by atoms with van der Waals surface area (Å²) in [6, 6.07) is 7.44. The van der Waals surface area contributed by atoms with E-state index in [2.05, 4.69) is 5.32 Å². The Hall–Kier alpha value is -2.94. The lowest BCUT2D eigenvalue weighted by Crippen LogP contribution is -2.47. The summed E-state index contributed by atoms with van der Waals surface area (Å²) < 4.78 is 50.9. The van der Waals surface area contributed by atoms with Gasteiger partial charge in [0.25, 0.3) is 5.91 Å². The molecule has 2 aromatic carbocycles. The van der Waals surface area contributed by atoms with E-state index in [9.17, 15) is 32.3 Å². The quantitative estimate of drug-likeness (QED) is 0.666. The third kappa shape index (κ3) is 5.52. The van der Waals surface area contributed by atoms with E-state index in [-0.39, 0.29) is 12.0 Å². The normalized spacial score (nSPS) is 13.7. The molecule has 144 valence electrons. The van der Waals surface area contributed by atoms with Crippen LogP contribution in [0, 0.1) is 5.82 Å². The first-order valence-corrected chi connectivity index (χ1v) is 7.77. The summed E-state index contributed by atoms with van der Waals surface area (Å²) in [5.41, 5.74) is 4.60. The molecule has 0 aliphatic heterocycles. The summed E-state index contributed by atoms with van der Waals surface area (Å²) in [7, 11) is 0. The minimum atomic E-state index is -4.55. The second-order valence-corrected chi connectivity index (χ2v) is 5.82. The molecule has 5 nitrogen and oxygen atoms in total. The van der Waals surface area contributed by atoms with Crippen molar-refractivity contribution in [3.63, 3.8) is 0 Å². The molecule has 0 heterocycles. The second kappa shape index (κ2) is 8.17. The van der Waals surface area contributed by atoms with E-state index in [1.165, 1.54) is 18.2 Å². The molecular weight excluding hydrogens is 368 g/mol. The van der Waals surface area contributed by atoms with Gasteiger partial charge in [-0.15, -0.1) is 0 Å². The van der Waals surface area contributed by atoms with Crippen molar-refractivity contribution in [3.05, 3.63) is 71.0 Å². The lowest BCUT2D eigenvalue weighted by Gasteiger charge is -2.18. The third-order valence-electron chi connectivity index (χ3n) is 3.79. The summed E-state index contributed by atoms with van der Waals surface area (Å²) in [5.74, 6) is -2.46. The van der Waals surface area contributed by atoms with Crippen molar-refractivity contribution in [3.8, 4) is 0 Å². The van der Waals surface area contributed by atoms with Crippen molar-refractivity contribution in [2.24, 2.45) is 5.73 Å². The molecule has 0 spiro atoms.